The maximum Gasteiger partial charge on any atom is 0.255 e. The van der Waals surface area contributed by atoms with E-state index in [2.05, 4.69) is 4.90 Å². The minimum absolute atomic E-state index is 0.0686. The average molecular weight is 341 g/mol. The van der Waals surface area contributed by atoms with Crippen molar-refractivity contribution in [3.8, 4) is 0 Å². The number of hydrogen-bond acceptors (Lipinski definition) is 3. The molecule has 1 aromatic carbocycles. The van der Waals surface area contributed by atoms with Gasteiger partial charge in [-0.15, -0.1) is 0 Å². The first kappa shape index (κ1) is 16.7. The first-order valence-electron chi connectivity index (χ1n) is 8.16. The Balaban J connectivity index is 1.70. The summed E-state index contributed by atoms with van der Waals surface area (Å²) in [6.45, 7) is 4.26. The van der Waals surface area contributed by atoms with Crippen LogP contribution in [0.15, 0.2) is 18.2 Å². The molecule has 3 rings (SSSR count). The van der Waals surface area contributed by atoms with E-state index in [1.54, 1.807) is 4.90 Å². The zero-order chi connectivity index (χ0) is 16.4. The summed E-state index contributed by atoms with van der Waals surface area (Å²) in [6, 6.07) is 3.84. The van der Waals surface area contributed by atoms with Crippen molar-refractivity contribution in [3.63, 3.8) is 0 Å². The van der Waals surface area contributed by atoms with Crippen LogP contribution < -0.4 is 0 Å². The first-order chi connectivity index (χ1) is 11.1. The number of carbonyl (C=O) groups excluding carboxylic acids is 1. The molecule has 1 N–H and O–H groups in total. The maximum atomic E-state index is 13.4. The number of hydrogen-bond donors (Lipinski definition) is 1. The lowest BCUT2D eigenvalue weighted by Gasteiger charge is -2.23. The topological polar surface area (TPSA) is 43.8 Å². The van der Waals surface area contributed by atoms with Gasteiger partial charge in [0.05, 0.1) is 10.6 Å². The molecule has 2 atom stereocenters. The van der Waals surface area contributed by atoms with Crippen LogP contribution in [0.1, 0.15) is 23.2 Å². The number of aliphatic hydroxyl groups is 1. The lowest BCUT2D eigenvalue weighted by atomic mass is 9.96. The van der Waals surface area contributed by atoms with Crippen LogP contribution in [0.4, 0.5) is 4.39 Å². The van der Waals surface area contributed by atoms with Gasteiger partial charge in [0.25, 0.3) is 5.91 Å². The molecule has 1 amide bonds. The quantitative estimate of drug-likeness (QED) is 0.914. The van der Waals surface area contributed by atoms with Crippen LogP contribution in [0.2, 0.25) is 5.02 Å². The van der Waals surface area contributed by atoms with Crippen molar-refractivity contribution < 1.29 is 14.3 Å². The molecule has 0 aromatic heterocycles. The van der Waals surface area contributed by atoms with Gasteiger partial charge in [-0.2, -0.15) is 0 Å². The fourth-order valence-electron chi connectivity index (χ4n) is 3.65. The summed E-state index contributed by atoms with van der Waals surface area (Å²) in [6.07, 6.45) is 2.44. The molecule has 0 bridgehead atoms. The predicted molar refractivity (Wildman–Crippen MR) is 87.1 cm³/mol. The van der Waals surface area contributed by atoms with Crippen LogP contribution in [0.3, 0.4) is 0 Å². The third kappa shape index (κ3) is 3.67. The fourth-order valence-corrected chi connectivity index (χ4v) is 3.85. The van der Waals surface area contributed by atoms with Crippen LogP contribution in [0.25, 0.3) is 0 Å². The van der Waals surface area contributed by atoms with E-state index in [0.29, 0.717) is 13.1 Å². The van der Waals surface area contributed by atoms with Crippen molar-refractivity contribution in [3.05, 3.63) is 34.6 Å². The second-order valence-electron chi connectivity index (χ2n) is 6.54. The van der Waals surface area contributed by atoms with Crippen molar-refractivity contribution >= 4 is 17.5 Å². The molecule has 6 heteroatoms. The van der Waals surface area contributed by atoms with Gasteiger partial charge in [0, 0.05) is 32.2 Å². The minimum Gasteiger partial charge on any atom is -0.396 e. The Bertz CT molecular complexity index is 578. The monoisotopic (exact) mass is 340 g/mol. The Labute approximate surface area is 140 Å². The number of rotatable bonds is 4. The van der Waals surface area contributed by atoms with Crippen LogP contribution >= 0.6 is 11.6 Å². The second-order valence-corrected chi connectivity index (χ2v) is 6.95. The fraction of sp³-hybridized carbons (Fsp3) is 0.588. The number of aliphatic hydroxyl groups excluding tert-OH is 1. The van der Waals surface area contributed by atoms with Crippen LogP contribution in [0, 0.1) is 17.7 Å². The van der Waals surface area contributed by atoms with E-state index >= 15 is 0 Å². The molecule has 4 nitrogen and oxygen atoms in total. The molecular formula is C17H22ClFN2O2. The Morgan fingerprint density at radius 1 is 1.26 bits per heavy atom. The van der Waals surface area contributed by atoms with E-state index in [4.69, 9.17) is 11.6 Å². The summed E-state index contributed by atoms with van der Waals surface area (Å²) in [5, 5.41) is 9.90. The van der Waals surface area contributed by atoms with Crippen molar-refractivity contribution in [2.45, 2.75) is 12.8 Å². The third-order valence-corrected chi connectivity index (χ3v) is 5.28. The largest absolute Gasteiger partial charge is 0.396 e. The molecule has 2 aliphatic rings. The van der Waals surface area contributed by atoms with E-state index in [0.717, 1.165) is 19.6 Å². The molecule has 0 aliphatic carbocycles. The molecule has 2 saturated heterocycles. The SMILES string of the molecule is O=C(c1cc(F)ccc1Cl)N1C[C@@H](CN2CCCC2)[C@@H](CO)C1. The highest BCUT2D eigenvalue weighted by molar-refractivity contribution is 6.33. The normalized spacial score (nSPS) is 25.3. The van der Waals surface area contributed by atoms with E-state index in [-0.39, 0.29) is 34.9 Å². The molecule has 0 radical (unpaired) electrons. The third-order valence-electron chi connectivity index (χ3n) is 4.95. The van der Waals surface area contributed by atoms with Gasteiger partial charge in [0.1, 0.15) is 5.82 Å². The zero-order valence-corrected chi connectivity index (χ0v) is 13.8. The lowest BCUT2D eigenvalue weighted by Crippen LogP contribution is -2.32. The summed E-state index contributed by atoms with van der Waals surface area (Å²) in [5.74, 6) is -0.387. The summed E-state index contributed by atoms with van der Waals surface area (Å²) >= 11 is 6.04. The van der Waals surface area contributed by atoms with Gasteiger partial charge in [0.15, 0.2) is 0 Å². The molecule has 0 unspecified atom stereocenters. The number of carbonyl (C=O) groups is 1. The highest BCUT2D eigenvalue weighted by Crippen LogP contribution is 2.28. The van der Waals surface area contributed by atoms with Gasteiger partial charge < -0.3 is 14.9 Å². The van der Waals surface area contributed by atoms with Crippen LogP contribution in [-0.2, 0) is 0 Å². The Hall–Kier alpha value is -1.17. The van der Waals surface area contributed by atoms with Crippen molar-refractivity contribution in [2.24, 2.45) is 11.8 Å². The van der Waals surface area contributed by atoms with Crippen LogP contribution in [-0.4, -0.2) is 60.1 Å². The van der Waals surface area contributed by atoms with E-state index in [1.807, 2.05) is 0 Å². The summed E-state index contributed by atoms with van der Waals surface area (Å²) < 4.78 is 13.4. The Morgan fingerprint density at radius 2 is 1.96 bits per heavy atom. The average Bonchev–Trinajstić information content (AvgIpc) is 3.19. The zero-order valence-electron chi connectivity index (χ0n) is 13.0. The number of likely N-dealkylation sites (tertiary alicyclic amines) is 2. The number of nitrogens with zero attached hydrogens (tertiary/aromatic N) is 2. The number of halogens is 2. The maximum absolute atomic E-state index is 13.4. The van der Waals surface area contributed by atoms with Gasteiger partial charge in [-0.3, -0.25) is 4.79 Å². The van der Waals surface area contributed by atoms with E-state index in [9.17, 15) is 14.3 Å². The second kappa shape index (κ2) is 7.16. The molecule has 126 valence electrons. The van der Waals surface area contributed by atoms with Gasteiger partial charge >= 0.3 is 0 Å². The van der Waals surface area contributed by atoms with Crippen LogP contribution in [0.5, 0.6) is 0 Å². The molecule has 2 aliphatic heterocycles. The summed E-state index contributed by atoms with van der Waals surface area (Å²) in [5.41, 5.74) is 0.199. The molecule has 2 heterocycles. The molecule has 23 heavy (non-hydrogen) atoms. The molecule has 0 saturated carbocycles. The molecular weight excluding hydrogens is 319 g/mol. The van der Waals surface area contributed by atoms with Crippen molar-refractivity contribution in [1.29, 1.82) is 0 Å². The highest BCUT2D eigenvalue weighted by Gasteiger charge is 2.36. The summed E-state index contributed by atoms with van der Waals surface area (Å²) in [4.78, 5) is 16.7. The number of benzene rings is 1. The van der Waals surface area contributed by atoms with E-state index < -0.39 is 5.82 Å². The lowest BCUT2D eigenvalue weighted by molar-refractivity contribution is 0.0779. The Kier molecular flexibility index (Phi) is 5.19. The van der Waals surface area contributed by atoms with Gasteiger partial charge in [0.2, 0.25) is 0 Å². The van der Waals surface area contributed by atoms with Crippen molar-refractivity contribution in [1.82, 2.24) is 9.80 Å². The standard InChI is InChI=1S/C17H22ClFN2O2/c18-16-4-3-14(19)7-15(16)17(23)21-9-12(13(10-21)11-22)8-20-5-1-2-6-20/h3-4,7,12-13,22H,1-2,5-6,8-11H2/t12-,13-/m1/s1. The molecule has 0 spiro atoms. The smallest absolute Gasteiger partial charge is 0.255 e. The number of amides is 1. The summed E-state index contributed by atoms with van der Waals surface area (Å²) in [7, 11) is 0. The Morgan fingerprint density at radius 3 is 2.65 bits per heavy atom. The predicted octanol–water partition coefficient (Wildman–Crippen LogP) is 2.26. The minimum atomic E-state index is -0.468. The van der Waals surface area contributed by atoms with Gasteiger partial charge in [-0.25, -0.2) is 4.39 Å². The van der Waals surface area contributed by atoms with Gasteiger partial charge in [-0.1, -0.05) is 11.6 Å². The molecule has 2 fully saturated rings. The van der Waals surface area contributed by atoms with Crippen molar-refractivity contribution in [2.75, 3.05) is 39.3 Å². The molecule has 1 aromatic rings. The highest BCUT2D eigenvalue weighted by atomic mass is 35.5. The van der Waals surface area contributed by atoms with E-state index in [1.165, 1.54) is 31.0 Å². The first-order valence-corrected chi connectivity index (χ1v) is 8.54. The van der Waals surface area contributed by atoms with Gasteiger partial charge in [-0.05, 0) is 50.0 Å².